The first kappa shape index (κ1) is 22.5. The summed E-state index contributed by atoms with van der Waals surface area (Å²) in [7, 11) is -0.413. The number of amides is 1. The van der Waals surface area contributed by atoms with Crippen LogP contribution in [0.4, 0.5) is 0 Å². The molecule has 0 aromatic heterocycles. The van der Waals surface area contributed by atoms with Gasteiger partial charge in [0.2, 0.25) is 15.9 Å². The lowest BCUT2D eigenvalue weighted by Gasteiger charge is -2.14. The van der Waals surface area contributed by atoms with Gasteiger partial charge < -0.3 is 5.32 Å². The van der Waals surface area contributed by atoms with E-state index < -0.39 is 10.0 Å². The summed E-state index contributed by atoms with van der Waals surface area (Å²) < 4.78 is 25.6. The van der Waals surface area contributed by atoms with Gasteiger partial charge in [0.25, 0.3) is 0 Å². The molecule has 0 fully saturated rings. The van der Waals surface area contributed by atoms with Crippen LogP contribution in [0.3, 0.4) is 0 Å². The highest BCUT2D eigenvalue weighted by atomic mass is 32.2. The number of hydrogen-bond donors (Lipinski definition) is 1. The van der Waals surface area contributed by atoms with Crippen LogP contribution in [0.5, 0.6) is 0 Å². The Morgan fingerprint density at radius 2 is 1.75 bits per heavy atom. The molecule has 2 rings (SSSR count). The molecule has 0 aliphatic rings. The normalized spacial score (nSPS) is 12.7. The number of aryl methyl sites for hydroxylation is 1. The van der Waals surface area contributed by atoms with Crippen LogP contribution in [-0.4, -0.2) is 44.5 Å². The monoisotopic (exact) mass is 420 g/mol. The average Bonchev–Trinajstić information content (AvgIpc) is 2.67. The highest BCUT2D eigenvalue weighted by Crippen LogP contribution is 2.18. The fraction of sp³-hybridized carbons (Fsp3) is 0.381. The summed E-state index contributed by atoms with van der Waals surface area (Å²) in [5, 5.41) is 3.02. The number of nitrogens with one attached hydrogen (secondary N) is 1. The van der Waals surface area contributed by atoms with E-state index in [1.807, 2.05) is 31.2 Å². The van der Waals surface area contributed by atoms with Crippen LogP contribution in [-0.2, 0) is 27.0 Å². The fourth-order valence-corrected chi connectivity index (χ4v) is 4.44. The Morgan fingerprint density at radius 1 is 1.07 bits per heavy atom. The van der Waals surface area contributed by atoms with Crippen molar-refractivity contribution in [3.63, 3.8) is 0 Å². The molecular weight excluding hydrogens is 392 g/mol. The summed E-state index contributed by atoms with van der Waals surface area (Å²) >= 11 is 1.48. The summed E-state index contributed by atoms with van der Waals surface area (Å²) in [6.45, 7) is 2.01. The standard InChI is InChI=1S/C21H28N2O3S2/c1-17(12-13-18-8-5-4-6-9-18)22-21(24)16-27-15-19-10-7-11-20(14-19)28(25,26)23(2)3/h4-11,14,17H,12-13,15-16H2,1-3H3,(H,22,24). The van der Waals surface area contributed by atoms with Crippen LogP contribution in [0.15, 0.2) is 59.5 Å². The van der Waals surface area contributed by atoms with Crippen LogP contribution in [0.25, 0.3) is 0 Å². The van der Waals surface area contributed by atoms with E-state index in [0.717, 1.165) is 18.4 Å². The van der Waals surface area contributed by atoms with E-state index in [4.69, 9.17) is 0 Å². The Hall–Kier alpha value is -1.83. The molecule has 1 unspecified atom stereocenters. The molecule has 1 atom stereocenters. The Bertz CT molecular complexity index is 868. The molecule has 0 heterocycles. The topological polar surface area (TPSA) is 66.5 Å². The zero-order valence-electron chi connectivity index (χ0n) is 16.6. The van der Waals surface area contributed by atoms with Crippen LogP contribution in [0, 0.1) is 0 Å². The molecule has 5 nitrogen and oxygen atoms in total. The molecule has 1 N–H and O–H groups in total. The molecule has 152 valence electrons. The highest BCUT2D eigenvalue weighted by Gasteiger charge is 2.17. The lowest BCUT2D eigenvalue weighted by molar-refractivity contribution is -0.119. The van der Waals surface area contributed by atoms with Crippen LogP contribution in [0.1, 0.15) is 24.5 Å². The average molecular weight is 421 g/mol. The second-order valence-electron chi connectivity index (χ2n) is 6.92. The third-order valence-corrected chi connectivity index (χ3v) is 7.11. The van der Waals surface area contributed by atoms with Crippen LogP contribution >= 0.6 is 11.8 Å². The van der Waals surface area contributed by atoms with E-state index in [2.05, 4.69) is 17.4 Å². The third-order valence-electron chi connectivity index (χ3n) is 4.30. The van der Waals surface area contributed by atoms with E-state index in [1.165, 1.54) is 35.7 Å². The maximum atomic E-state index is 12.2. The van der Waals surface area contributed by atoms with Gasteiger partial charge in [-0.2, -0.15) is 0 Å². The lowest BCUT2D eigenvalue weighted by Crippen LogP contribution is -2.34. The molecule has 7 heteroatoms. The van der Waals surface area contributed by atoms with Crippen molar-refractivity contribution in [3.05, 3.63) is 65.7 Å². The van der Waals surface area contributed by atoms with Gasteiger partial charge in [0.05, 0.1) is 10.6 Å². The molecule has 0 bridgehead atoms. The highest BCUT2D eigenvalue weighted by molar-refractivity contribution is 7.99. The van der Waals surface area contributed by atoms with Gasteiger partial charge in [-0.25, -0.2) is 12.7 Å². The number of thioether (sulfide) groups is 1. The molecule has 1 amide bonds. The first-order valence-electron chi connectivity index (χ1n) is 9.21. The van der Waals surface area contributed by atoms with Gasteiger partial charge >= 0.3 is 0 Å². The summed E-state index contributed by atoms with van der Waals surface area (Å²) in [6.07, 6.45) is 1.83. The molecule has 0 saturated heterocycles. The van der Waals surface area contributed by atoms with Crippen molar-refractivity contribution in [1.29, 1.82) is 0 Å². The van der Waals surface area contributed by atoms with Crippen molar-refractivity contribution in [2.75, 3.05) is 19.8 Å². The first-order valence-corrected chi connectivity index (χ1v) is 11.8. The van der Waals surface area contributed by atoms with E-state index in [1.54, 1.807) is 18.2 Å². The zero-order valence-corrected chi connectivity index (χ0v) is 18.2. The van der Waals surface area contributed by atoms with Gasteiger partial charge in [-0.15, -0.1) is 11.8 Å². The van der Waals surface area contributed by atoms with E-state index in [9.17, 15) is 13.2 Å². The summed E-state index contributed by atoms with van der Waals surface area (Å²) in [5.74, 6) is 0.936. The van der Waals surface area contributed by atoms with Crippen molar-refractivity contribution >= 4 is 27.7 Å². The minimum atomic E-state index is -3.44. The smallest absolute Gasteiger partial charge is 0.242 e. The van der Waals surface area contributed by atoms with Crippen LogP contribution < -0.4 is 5.32 Å². The number of rotatable bonds is 10. The number of hydrogen-bond acceptors (Lipinski definition) is 4. The molecular formula is C21H28N2O3S2. The van der Waals surface area contributed by atoms with Gasteiger partial charge in [0, 0.05) is 25.9 Å². The second kappa shape index (κ2) is 10.6. The third kappa shape index (κ3) is 6.96. The van der Waals surface area contributed by atoms with Crippen LogP contribution in [0.2, 0.25) is 0 Å². The number of benzene rings is 2. The van der Waals surface area contributed by atoms with Crippen molar-refractivity contribution < 1.29 is 13.2 Å². The largest absolute Gasteiger partial charge is 0.353 e. The number of carbonyl (C=O) groups is 1. The van der Waals surface area contributed by atoms with E-state index in [-0.39, 0.29) is 16.8 Å². The van der Waals surface area contributed by atoms with Gasteiger partial charge in [-0.1, -0.05) is 42.5 Å². The molecule has 0 aliphatic heterocycles. The van der Waals surface area contributed by atoms with Crippen molar-refractivity contribution in [2.24, 2.45) is 0 Å². The number of carbonyl (C=O) groups excluding carboxylic acids is 1. The van der Waals surface area contributed by atoms with E-state index >= 15 is 0 Å². The molecule has 0 aliphatic carbocycles. The summed E-state index contributed by atoms with van der Waals surface area (Å²) in [4.78, 5) is 12.4. The van der Waals surface area contributed by atoms with Gasteiger partial charge in [-0.3, -0.25) is 4.79 Å². The molecule has 2 aromatic rings. The molecule has 0 saturated carbocycles. The maximum absolute atomic E-state index is 12.2. The summed E-state index contributed by atoms with van der Waals surface area (Å²) in [5.41, 5.74) is 2.16. The number of sulfonamides is 1. The molecule has 0 radical (unpaired) electrons. The molecule has 0 spiro atoms. The van der Waals surface area contributed by atoms with Gasteiger partial charge in [0.1, 0.15) is 0 Å². The molecule has 28 heavy (non-hydrogen) atoms. The predicted molar refractivity (Wildman–Crippen MR) is 116 cm³/mol. The Balaban J connectivity index is 1.76. The Kier molecular flexibility index (Phi) is 8.54. The lowest BCUT2D eigenvalue weighted by atomic mass is 10.1. The van der Waals surface area contributed by atoms with Crippen molar-refractivity contribution in [2.45, 2.75) is 36.5 Å². The maximum Gasteiger partial charge on any atom is 0.242 e. The van der Waals surface area contributed by atoms with Gasteiger partial charge in [-0.05, 0) is 43.0 Å². The quantitative estimate of drug-likeness (QED) is 0.640. The van der Waals surface area contributed by atoms with E-state index in [0.29, 0.717) is 11.5 Å². The van der Waals surface area contributed by atoms with Crippen molar-refractivity contribution in [1.82, 2.24) is 9.62 Å². The zero-order chi connectivity index (χ0) is 20.6. The minimum Gasteiger partial charge on any atom is -0.353 e. The van der Waals surface area contributed by atoms with Gasteiger partial charge in [0.15, 0.2) is 0 Å². The fourth-order valence-electron chi connectivity index (χ4n) is 2.68. The van der Waals surface area contributed by atoms with Crippen molar-refractivity contribution in [3.8, 4) is 0 Å². The minimum absolute atomic E-state index is 0.00243. The first-order chi connectivity index (χ1) is 13.3. The Labute approximate surface area is 172 Å². The SMILES string of the molecule is CC(CCc1ccccc1)NC(=O)CSCc1cccc(S(=O)(=O)N(C)C)c1. The predicted octanol–water partition coefficient (Wildman–Crippen LogP) is 3.31. The Morgan fingerprint density at radius 3 is 2.43 bits per heavy atom. The summed E-state index contributed by atoms with van der Waals surface area (Å²) in [6, 6.07) is 17.2. The second-order valence-corrected chi connectivity index (χ2v) is 10.1. The number of nitrogens with zero attached hydrogens (tertiary/aromatic N) is 1. The molecule has 2 aromatic carbocycles.